The van der Waals surface area contributed by atoms with Gasteiger partial charge in [0.25, 0.3) is 0 Å². The SMILES string of the molecule is CC1CCCC(N)(C(=O)NCc2ccno2)C1. The molecule has 0 saturated heterocycles. The van der Waals surface area contributed by atoms with E-state index in [0.29, 0.717) is 18.2 Å². The van der Waals surface area contributed by atoms with Crippen LogP contribution >= 0.6 is 0 Å². The van der Waals surface area contributed by atoms with Crippen LogP contribution in [0.25, 0.3) is 0 Å². The fraction of sp³-hybridized carbons (Fsp3) is 0.667. The lowest BCUT2D eigenvalue weighted by Crippen LogP contribution is -2.56. The number of carbonyl (C=O) groups is 1. The van der Waals surface area contributed by atoms with Crippen LogP contribution in [-0.4, -0.2) is 16.6 Å². The number of carbonyl (C=O) groups excluding carboxylic acids is 1. The molecule has 2 unspecified atom stereocenters. The van der Waals surface area contributed by atoms with Gasteiger partial charge in [0.05, 0.1) is 18.3 Å². The van der Waals surface area contributed by atoms with E-state index in [4.69, 9.17) is 10.3 Å². The van der Waals surface area contributed by atoms with E-state index in [-0.39, 0.29) is 5.91 Å². The van der Waals surface area contributed by atoms with Gasteiger partial charge in [-0.2, -0.15) is 0 Å². The molecular weight excluding hydrogens is 218 g/mol. The molecule has 0 aromatic carbocycles. The minimum atomic E-state index is -0.711. The van der Waals surface area contributed by atoms with Gasteiger partial charge in [0.15, 0.2) is 5.76 Å². The smallest absolute Gasteiger partial charge is 0.240 e. The zero-order chi connectivity index (χ0) is 12.3. The average Bonchev–Trinajstić information content (AvgIpc) is 2.78. The van der Waals surface area contributed by atoms with Crippen LogP contribution in [0.15, 0.2) is 16.8 Å². The zero-order valence-electron chi connectivity index (χ0n) is 10.1. The molecule has 1 amide bonds. The van der Waals surface area contributed by atoms with Crippen molar-refractivity contribution in [1.29, 1.82) is 0 Å². The van der Waals surface area contributed by atoms with E-state index in [9.17, 15) is 4.79 Å². The summed E-state index contributed by atoms with van der Waals surface area (Å²) in [6, 6.07) is 1.73. The van der Waals surface area contributed by atoms with Crippen molar-refractivity contribution in [3.05, 3.63) is 18.0 Å². The molecule has 1 aromatic rings. The molecule has 94 valence electrons. The summed E-state index contributed by atoms with van der Waals surface area (Å²) in [5, 5.41) is 6.40. The van der Waals surface area contributed by atoms with Crippen molar-refractivity contribution in [1.82, 2.24) is 10.5 Å². The number of nitrogens with zero attached hydrogens (tertiary/aromatic N) is 1. The lowest BCUT2D eigenvalue weighted by atomic mass is 9.76. The molecule has 2 rings (SSSR count). The molecule has 17 heavy (non-hydrogen) atoms. The Bertz CT molecular complexity index is 377. The maximum atomic E-state index is 12.1. The summed E-state index contributed by atoms with van der Waals surface area (Å²) in [7, 11) is 0. The van der Waals surface area contributed by atoms with Gasteiger partial charge in [-0.1, -0.05) is 24.9 Å². The largest absolute Gasteiger partial charge is 0.360 e. The number of nitrogens with two attached hydrogens (primary N) is 1. The molecule has 0 aliphatic heterocycles. The molecule has 3 N–H and O–H groups in total. The highest BCUT2D eigenvalue weighted by molar-refractivity contribution is 5.86. The van der Waals surface area contributed by atoms with Gasteiger partial charge in [-0.3, -0.25) is 4.79 Å². The van der Waals surface area contributed by atoms with Crippen LogP contribution in [0.4, 0.5) is 0 Å². The predicted octanol–water partition coefficient (Wildman–Crippen LogP) is 1.20. The van der Waals surface area contributed by atoms with Gasteiger partial charge in [0.1, 0.15) is 0 Å². The minimum Gasteiger partial charge on any atom is -0.360 e. The molecule has 5 heteroatoms. The lowest BCUT2D eigenvalue weighted by Gasteiger charge is -2.35. The monoisotopic (exact) mass is 237 g/mol. The van der Waals surface area contributed by atoms with E-state index in [1.54, 1.807) is 12.3 Å². The van der Waals surface area contributed by atoms with E-state index in [1.807, 2.05) is 0 Å². The van der Waals surface area contributed by atoms with Crippen molar-refractivity contribution in [2.24, 2.45) is 11.7 Å². The number of aromatic nitrogens is 1. The Labute approximate surface area is 101 Å². The highest BCUT2D eigenvalue weighted by atomic mass is 16.5. The topological polar surface area (TPSA) is 81.2 Å². The standard InChI is InChI=1S/C12H19N3O2/c1-9-3-2-5-12(13,7-9)11(16)14-8-10-4-6-15-17-10/h4,6,9H,2-3,5,7-8,13H2,1H3,(H,14,16). The van der Waals surface area contributed by atoms with Crippen molar-refractivity contribution in [3.63, 3.8) is 0 Å². The lowest BCUT2D eigenvalue weighted by molar-refractivity contribution is -0.128. The normalized spacial score (nSPS) is 28.9. The summed E-state index contributed by atoms with van der Waals surface area (Å²) in [5.41, 5.74) is 5.46. The summed E-state index contributed by atoms with van der Waals surface area (Å²) in [6.07, 6.45) is 5.26. The molecule has 1 saturated carbocycles. The fourth-order valence-electron chi connectivity index (χ4n) is 2.47. The van der Waals surface area contributed by atoms with Crippen LogP contribution in [0.1, 0.15) is 38.4 Å². The Morgan fingerprint density at radius 2 is 2.59 bits per heavy atom. The van der Waals surface area contributed by atoms with Crippen molar-refractivity contribution < 1.29 is 9.32 Å². The second kappa shape index (κ2) is 4.87. The molecule has 2 atom stereocenters. The number of hydrogen-bond donors (Lipinski definition) is 2. The van der Waals surface area contributed by atoms with Crippen LogP contribution < -0.4 is 11.1 Å². The summed E-state index contributed by atoms with van der Waals surface area (Å²) < 4.78 is 4.92. The van der Waals surface area contributed by atoms with Crippen molar-refractivity contribution in [2.45, 2.75) is 44.7 Å². The molecule has 1 aromatic heterocycles. The Morgan fingerprint density at radius 3 is 3.24 bits per heavy atom. The van der Waals surface area contributed by atoms with E-state index in [2.05, 4.69) is 17.4 Å². The molecule has 1 heterocycles. The van der Waals surface area contributed by atoms with Gasteiger partial charge in [-0.25, -0.2) is 0 Å². The van der Waals surface area contributed by atoms with Gasteiger partial charge in [-0.15, -0.1) is 0 Å². The van der Waals surface area contributed by atoms with Crippen molar-refractivity contribution in [2.75, 3.05) is 0 Å². The Hall–Kier alpha value is -1.36. The Kier molecular flexibility index (Phi) is 3.47. The average molecular weight is 237 g/mol. The third-order valence-electron chi connectivity index (χ3n) is 3.40. The van der Waals surface area contributed by atoms with E-state index < -0.39 is 5.54 Å². The second-order valence-electron chi connectivity index (χ2n) is 5.02. The Morgan fingerprint density at radius 1 is 1.76 bits per heavy atom. The second-order valence-corrected chi connectivity index (χ2v) is 5.02. The molecule has 5 nitrogen and oxygen atoms in total. The van der Waals surface area contributed by atoms with Crippen LogP contribution in [0, 0.1) is 5.92 Å². The Balaban J connectivity index is 1.90. The molecule has 1 fully saturated rings. The third-order valence-corrected chi connectivity index (χ3v) is 3.40. The van der Waals surface area contributed by atoms with Crippen molar-refractivity contribution >= 4 is 5.91 Å². The number of amides is 1. The maximum absolute atomic E-state index is 12.1. The van der Waals surface area contributed by atoms with E-state index >= 15 is 0 Å². The summed E-state index contributed by atoms with van der Waals surface area (Å²) in [4.78, 5) is 12.1. The maximum Gasteiger partial charge on any atom is 0.240 e. The van der Waals surface area contributed by atoms with E-state index in [1.165, 1.54) is 0 Å². The van der Waals surface area contributed by atoms with Gasteiger partial charge in [-0.05, 0) is 18.8 Å². The zero-order valence-corrected chi connectivity index (χ0v) is 10.1. The van der Waals surface area contributed by atoms with Gasteiger partial charge < -0.3 is 15.6 Å². The van der Waals surface area contributed by atoms with Crippen LogP contribution in [0.2, 0.25) is 0 Å². The van der Waals surface area contributed by atoms with Gasteiger partial charge in [0.2, 0.25) is 5.91 Å². The van der Waals surface area contributed by atoms with Crippen LogP contribution in [-0.2, 0) is 11.3 Å². The van der Waals surface area contributed by atoms with Crippen LogP contribution in [0.5, 0.6) is 0 Å². The molecule has 0 bridgehead atoms. The fourth-order valence-corrected chi connectivity index (χ4v) is 2.47. The number of hydrogen-bond acceptors (Lipinski definition) is 4. The summed E-state index contributed by atoms with van der Waals surface area (Å²) in [6.45, 7) is 2.50. The molecule has 1 aliphatic carbocycles. The summed E-state index contributed by atoms with van der Waals surface area (Å²) in [5.74, 6) is 1.08. The predicted molar refractivity (Wildman–Crippen MR) is 62.9 cm³/mol. The van der Waals surface area contributed by atoms with E-state index in [0.717, 1.165) is 25.7 Å². The number of nitrogens with one attached hydrogen (secondary N) is 1. The highest BCUT2D eigenvalue weighted by Gasteiger charge is 2.37. The molecule has 1 aliphatic rings. The van der Waals surface area contributed by atoms with Crippen LogP contribution in [0.3, 0.4) is 0 Å². The first kappa shape index (κ1) is 12.1. The minimum absolute atomic E-state index is 0.0829. The first-order valence-electron chi connectivity index (χ1n) is 6.07. The van der Waals surface area contributed by atoms with Crippen molar-refractivity contribution in [3.8, 4) is 0 Å². The highest BCUT2D eigenvalue weighted by Crippen LogP contribution is 2.30. The summed E-state index contributed by atoms with van der Waals surface area (Å²) >= 11 is 0. The first-order chi connectivity index (χ1) is 8.10. The molecule has 0 spiro atoms. The third kappa shape index (κ3) is 2.85. The van der Waals surface area contributed by atoms with Gasteiger partial charge >= 0.3 is 0 Å². The van der Waals surface area contributed by atoms with Gasteiger partial charge in [0, 0.05) is 6.07 Å². The molecular formula is C12H19N3O2. The quantitative estimate of drug-likeness (QED) is 0.827. The first-order valence-corrected chi connectivity index (χ1v) is 6.07. The molecule has 0 radical (unpaired) electrons. The number of rotatable bonds is 3.